The number of aliphatic hydroxyl groups is 1. The Labute approximate surface area is 135 Å². The highest BCUT2D eigenvalue weighted by atomic mass is 16.5. The SMILES string of the molecule is COc1ccc(C(=O)N2CCC3C(O)CCC3C2=O)c(OC)c1. The van der Waals surface area contributed by atoms with Crippen LogP contribution >= 0.6 is 0 Å². The molecule has 3 unspecified atom stereocenters. The van der Waals surface area contributed by atoms with Crippen molar-refractivity contribution in [3.63, 3.8) is 0 Å². The molecule has 3 atom stereocenters. The number of hydrogen-bond acceptors (Lipinski definition) is 5. The van der Waals surface area contributed by atoms with Gasteiger partial charge in [0.2, 0.25) is 5.91 Å². The lowest BCUT2D eigenvalue weighted by Crippen LogP contribution is -2.48. The number of hydrogen-bond donors (Lipinski definition) is 1. The third kappa shape index (κ3) is 2.67. The van der Waals surface area contributed by atoms with Gasteiger partial charge in [0.1, 0.15) is 11.5 Å². The predicted octanol–water partition coefficient (Wildman–Crippen LogP) is 1.46. The summed E-state index contributed by atoms with van der Waals surface area (Å²) in [4.78, 5) is 26.7. The van der Waals surface area contributed by atoms with Crippen molar-refractivity contribution in [3.05, 3.63) is 23.8 Å². The molecule has 0 aromatic heterocycles. The number of ether oxygens (including phenoxy) is 2. The zero-order chi connectivity index (χ0) is 16.6. The van der Waals surface area contributed by atoms with E-state index in [4.69, 9.17) is 9.47 Å². The summed E-state index contributed by atoms with van der Waals surface area (Å²) >= 11 is 0. The molecule has 2 aliphatic rings. The van der Waals surface area contributed by atoms with Crippen LogP contribution in [0.4, 0.5) is 0 Å². The lowest BCUT2D eigenvalue weighted by molar-refractivity contribution is -0.138. The maximum absolute atomic E-state index is 12.8. The number of benzene rings is 1. The minimum Gasteiger partial charge on any atom is -0.497 e. The summed E-state index contributed by atoms with van der Waals surface area (Å²) in [5.74, 6) is 0.185. The largest absolute Gasteiger partial charge is 0.497 e. The molecule has 6 nitrogen and oxygen atoms in total. The van der Waals surface area contributed by atoms with Gasteiger partial charge in [-0.1, -0.05) is 0 Å². The van der Waals surface area contributed by atoms with E-state index in [9.17, 15) is 14.7 Å². The van der Waals surface area contributed by atoms with Crippen LogP contribution < -0.4 is 9.47 Å². The van der Waals surface area contributed by atoms with Crippen LogP contribution in [0.3, 0.4) is 0 Å². The second-order valence-electron chi connectivity index (χ2n) is 6.06. The summed E-state index contributed by atoms with van der Waals surface area (Å²) in [5, 5.41) is 9.93. The van der Waals surface area contributed by atoms with Gasteiger partial charge >= 0.3 is 0 Å². The third-order valence-electron chi connectivity index (χ3n) is 4.94. The molecule has 2 fully saturated rings. The summed E-state index contributed by atoms with van der Waals surface area (Å²) < 4.78 is 10.4. The number of piperidine rings is 1. The molecule has 1 aromatic carbocycles. The Bertz CT molecular complexity index is 629. The number of fused-ring (bicyclic) bond motifs is 1. The van der Waals surface area contributed by atoms with Crippen LogP contribution in [0.1, 0.15) is 29.6 Å². The molecule has 1 heterocycles. The van der Waals surface area contributed by atoms with Crippen LogP contribution in [0.2, 0.25) is 0 Å². The molecular formula is C17H21NO5. The number of carbonyl (C=O) groups excluding carboxylic acids is 2. The minimum atomic E-state index is -0.420. The lowest BCUT2D eigenvalue weighted by atomic mass is 9.86. The number of aliphatic hydroxyl groups excluding tert-OH is 1. The summed E-state index contributed by atoms with van der Waals surface area (Å²) in [5.41, 5.74) is 0.346. The van der Waals surface area contributed by atoms with Gasteiger partial charge in [0, 0.05) is 18.5 Å². The highest BCUT2D eigenvalue weighted by molar-refractivity contribution is 6.07. The smallest absolute Gasteiger partial charge is 0.264 e. The Kier molecular flexibility index (Phi) is 4.26. The maximum atomic E-state index is 12.8. The Morgan fingerprint density at radius 3 is 2.70 bits per heavy atom. The van der Waals surface area contributed by atoms with Gasteiger partial charge in [0.25, 0.3) is 5.91 Å². The van der Waals surface area contributed by atoms with E-state index in [1.807, 2.05) is 0 Å². The molecule has 124 valence electrons. The number of imide groups is 1. The van der Waals surface area contributed by atoms with Crippen molar-refractivity contribution in [2.75, 3.05) is 20.8 Å². The predicted molar refractivity (Wildman–Crippen MR) is 82.4 cm³/mol. The fourth-order valence-electron chi connectivity index (χ4n) is 3.66. The van der Waals surface area contributed by atoms with Gasteiger partial charge in [-0.2, -0.15) is 0 Å². The van der Waals surface area contributed by atoms with Gasteiger partial charge in [0.05, 0.1) is 25.9 Å². The third-order valence-corrected chi connectivity index (χ3v) is 4.94. The lowest BCUT2D eigenvalue weighted by Gasteiger charge is -2.34. The van der Waals surface area contributed by atoms with E-state index < -0.39 is 6.10 Å². The molecule has 0 spiro atoms. The summed E-state index contributed by atoms with van der Waals surface area (Å²) in [7, 11) is 3.02. The average Bonchev–Trinajstić information content (AvgIpc) is 2.96. The molecule has 1 aliphatic heterocycles. The van der Waals surface area contributed by atoms with Gasteiger partial charge in [0.15, 0.2) is 0 Å². The van der Waals surface area contributed by atoms with Crippen LogP contribution in [0, 0.1) is 11.8 Å². The Morgan fingerprint density at radius 2 is 2.00 bits per heavy atom. The molecule has 0 radical (unpaired) electrons. The van der Waals surface area contributed by atoms with E-state index in [1.165, 1.54) is 19.1 Å². The van der Waals surface area contributed by atoms with Crippen LogP contribution in [0.25, 0.3) is 0 Å². The quantitative estimate of drug-likeness (QED) is 0.854. The van der Waals surface area contributed by atoms with Gasteiger partial charge < -0.3 is 14.6 Å². The summed E-state index contributed by atoms with van der Waals surface area (Å²) in [6.07, 6.45) is 1.52. The second-order valence-corrected chi connectivity index (χ2v) is 6.06. The highest BCUT2D eigenvalue weighted by Gasteiger charge is 2.46. The van der Waals surface area contributed by atoms with Crippen molar-refractivity contribution < 1.29 is 24.2 Å². The van der Waals surface area contributed by atoms with Gasteiger partial charge in [-0.25, -0.2) is 0 Å². The highest BCUT2D eigenvalue weighted by Crippen LogP contribution is 2.39. The van der Waals surface area contributed by atoms with E-state index >= 15 is 0 Å². The topological polar surface area (TPSA) is 76.1 Å². The molecule has 1 N–H and O–H groups in total. The Hall–Kier alpha value is -2.08. The van der Waals surface area contributed by atoms with Crippen molar-refractivity contribution in [2.24, 2.45) is 11.8 Å². The monoisotopic (exact) mass is 319 g/mol. The first-order chi connectivity index (χ1) is 11.1. The van der Waals surface area contributed by atoms with E-state index in [0.717, 1.165) is 0 Å². The molecule has 23 heavy (non-hydrogen) atoms. The van der Waals surface area contributed by atoms with Crippen LogP contribution in [-0.4, -0.2) is 48.7 Å². The summed E-state index contributed by atoms with van der Waals surface area (Å²) in [6, 6.07) is 4.92. The summed E-state index contributed by atoms with van der Waals surface area (Å²) in [6.45, 7) is 0.338. The number of amides is 2. The zero-order valence-electron chi connectivity index (χ0n) is 13.3. The zero-order valence-corrected chi connectivity index (χ0v) is 13.3. The molecule has 2 amide bonds. The first-order valence-electron chi connectivity index (χ1n) is 7.82. The molecule has 1 saturated heterocycles. The van der Waals surface area contributed by atoms with Crippen molar-refractivity contribution in [3.8, 4) is 11.5 Å². The van der Waals surface area contributed by atoms with Crippen molar-refractivity contribution in [1.82, 2.24) is 4.90 Å². The normalized spacial score (nSPS) is 26.8. The molecule has 0 bridgehead atoms. The van der Waals surface area contributed by atoms with Gasteiger partial charge in [-0.15, -0.1) is 0 Å². The molecule has 6 heteroatoms. The standard InChI is InChI=1S/C17H21NO5/c1-22-10-3-4-13(15(9-10)23-2)17(21)18-8-7-11-12(16(18)20)5-6-14(11)19/h3-4,9,11-12,14,19H,5-8H2,1-2H3. The van der Waals surface area contributed by atoms with E-state index in [0.29, 0.717) is 42.9 Å². The van der Waals surface area contributed by atoms with Crippen LogP contribution in [0.15, 0.2) is 18.2 Å². The van der Waals surface area contributed by atoms with Crippen LogP contribution in [0.5, 0.6) is 11.5 Å². The van der Waals surface area contributed by atoms with Crippen molar-refractivity contribution in [1.29, 1.82) is 0 Å². The van der Waals surface area contributed by atoms with E-state index in [2.05, 4.69) is 0 Å². The number of rotatable bonds is 3. The number of nitrogens with zero attached hydrogens (tertiary/aromatic N) is 1. The average molecular weight is 319 g/mol. The molecule has 1 saturated carbocycles. The first kappa shape index (κ1) is 15.8. The molecule has 3 rings (SSSR count). The van der Waals surface area contributed by atoms with E-state index in [-0.39, 0.29) is 23.7 Å². The van der Waals surface area contributed by atoms with Crippen molar-refractivity contribution in [2.45, 2.75) is 25.4 Å². The van der Waals surface area contributed by atoms with E-state index in [1.54, 1.807) is 18.2 Å². The fourth-order valence-corrected chi connectivity index (χ4v) is 3.66. The Morgan fingerprint density at radius 1 is 1.22 bits per heavy atom. The molecule has 1 aliphatic carbocycles. The molecular weight excluding hydrogens is 298 g/mol. The van der Waals surface area contributed by atoms with Crippen molar-refractivity contribution >= 4 is 11.8 Å². The van der Waals surface area contributed by atoms with Gasteiger partial charge in [-0.3, -0.25) is 14.5 Å². The molecule has 1 aromatic rings. The fraction of sp³-hybridized carbons (Fsp3) is 0.529. The van der Waals surface area contributed by atoms with Crippen LogP contribution in [-0.2, 0) is 4.79 Å². The second kappa shape index (κ2) is 6.20. The maximum Gasteiger partial charge on any atom is 0.264 e. The first-order valence-corrected chi connectivity index (χ1v) is 7.82. The van der Waals surface area contributed by atoms with Gasteiger partial charge in [-0.05, 0) is 37.3 Å². The number of carbonyl (C=O) groups is 2. The number of methoxy groups -OCH3 is 2. The minimum absolute atomic E-state index is 0.00990. The Balaban J connectivity index is 1.85. The number of likely N-dealkylation sites (tertiary alicyclic amines) is 1.